The number of hydrogen-bond acceptors (Lipinski definition) is 4. The summed E-state index contributed by atoms with van der Waals surface area (Å²) >= 11 is 6.34. The van der Waals surface area contributed by atoms with Crippen molar-refractivity contribution in [1.29, 1.82) is 0 Å². The van der Waals surface area contributed by atoms with Gasteiger partial charge in [0.15, 0.2) is 0 Å². The Morgan fingerprint density at radius 2 is 1.78 bits per heavy atom. The van der Waals surface area contributed by atoms with Crippen LogP contribution >= 0.6 is 11.6 Å². The van der Waals surface area contributed by atoms with Crippen LogP contribution in [0.25, 0.3) is 33.4 Å². The van der Waals surface area contributed by atoms with Crippen molar-refractivity contribution in [2.75, 3.05) is 5.73 Å². The maximum atomic E-state index is 6.34. The van der Waals surface area contributed by atoms with Crippen molar-refractivity contribution in [1.82, 2.24) is 20.2 Å². The van der Waals surface area contributed by atoms with Crippen LogP contribution in [0.5, 0.6) is 0 Å². The van der Waals surface area contributed by atoms with Crippen molar-refractivity contribution < 1.29 is 0 Å². The Kier molecular flexibility index (Phi) is 3.20. The molecule has 2 aromatic heterocycles. The number of nitrogens with one attached hydrogen (secondary N) is 1. The number of aromatic amines is 1. The Bertz CT molecular complexity index is 994. The first kappa shape index (κ1) is 13.7. The van der Waals surface area contributed by atoms with Crippen molar-refractivity contribution in [3.05, 3.63) is 59.9 Å². The highest BCUT2D eigenvalue weighted by Crippen LogP contribution is 2.33. The zero-order valence-electron chi connectivity index (χ0n) is 12.0. The Balaban J connectivity index is 1.97. The number of nitrogens with zero attached hydrogens (tertiary/aromatic N) is 3. The van der Waals surface area contributed by atoms with Crippen LogP contribution in [-0.2, 0) is 0 Å². The third kappa shape index (κ3) is 2.41. The molecule has 0 fully saturated rings. The second kappa shape index (κ2) is 5.37. The summed E-state index contributed by atoms with van der Waals surface area (Å²) in [5.74, 6) is 0.378. The second-order valence-corrected chi connectivity index (χ2v) is 5.56. The van der Waals surface area contributed by atoms with Gasteiger partial charge in [0.2, 0.25) is 0 Å². The molecule has 0 unspecified atom stereocenters. The van der Waals surface area contributed by atoms with Crippen LogP contribution in [0, 0.1) is 0 Å². The minimum atomic E-state index is 0.378. The fourth-order valence-electron chi connectivity index (χ4n) is 2.56. The standard InChI is InChI=1S/C17H12ClN5/c18-13-7-11(6-12-8-21-23-15(12)13)16-17(22-14(19)9-20-16)10-4-2-1-3-5-10/h1-9H,(H2,19,22)(H,21,23). The fourth-order valence-corrected chi connectivity index (χ4v) is 2.83. The highest BCUT2D eigenvalue weighted by atomic mass is 35.5. The molecular formula is C17H12ClN5. The molecule has 0 atom stereocenters. The van der Waals surface area contributed by atoms with E-state index < -0.39 is 0 Å². The molecule has 4 rings (SSSR count). The third-order valence-electron chi connectivity index (χ3n) is 3.61. The van der Waals surface area contributed by atoms with Gasteiger partial charge in [0, 0.05) is 16.5 Å². The molecule has 3 N–H and O–H groups in total. The Labute approximate surface area is 137 Å². The van der Waals surface area contributed by atoms with Crippen LogP contribution in [0.1, 0.15) is 0 Å². The summed E-state index contributed by atoms with van der Waals surface area (Å²) in [5, 5.41) is 8.42. The minimum Gasteiger partial charge on any atom is -0.382 e. The van der Waals surface area contributed by atoms with Gasteiger partial charge in [0.05, 0.1) is 34.3 Å². The summed E-state index contributed by atoms with van der Waals surface area (Å²) in [7, 11) is 0. The lowest BCUT2D eigenvalue weighted by Gasteiger charge is -2.10. The zero-order valence-corrected chi connectivity index (χ0v) is 12.7. The molecule has 0 aliphatic heterocycles. The molecule has 0 amide bonds. The molecule has 0 radical (unpaired) electrons. The SMILES string of the molecule is Nc1cnc(-c2cc(Cl)c3[nH]ncc3c2)c(-c2ccccc2)n1. The van der Waals surface area contributed by atoms with Gasteiger partial charge in [-0.3, -0.25) is 10.1 Å². The van der Waals surface area contributed by atoms with E-state index in [1.54, 1.807) is 12.4 Å². The molecule has 112 valence electrons. The third-order valence-corrected chi connectivity index (χ3v) is 3.91. The van der Waals surface area contributed by atoms with E-state index in [4.69, 9.17) is 17.3 Å². The first-order valence-electron chi connectivity index (χ1n) is 7.03. The summed E-state index contributed by atoms with van der Waals surface area (Å²) in [6, 6.07) is 13.7. The van der Waals surface area contributed by atoms with Gasteiger partial charge in [-0.15, -0.1) is 0 Å². The number of nitrogens with two attached hydrogens (primary N) is 1. The normalized spacial score (nSPS) is 11.0. The van der Waals surface area contributed by atoms with Crippen LogP contribution in [0.2, 0.25) is 5.02 Å². The average Bonchev–Trinajstić information content (AvgIpc) is 3.05. The number of aromatic nitrogens is 4. The molecular weight excluding hydrogens is 310 g/mol. The van der Waals surface area contributed by atoms with Gasteiger partial charge < -0.3 is 5.73 Å². The van der Waals surface area contributed by atoms with E-state index in [1.807, 2.05) is 42.5 Å². The van der Waals surface area contributed by atoms with Crippen LogP contribution in [0.4, 0.5) is 5.82 Å². The smallest absolute Gasteiger partial charge is 0.142 e. The molecule has 2 heterocycles. The summed E-state index contributed by atoms with van der Waals surface area (Å²) in [6.07, 6.45) is 3.28. The number of halogens is 1. The van der Waals surface area contributed by atoms with E-state index in [2.05, 4.69) is 20.2 Å². The number of H-pyrrole nitrogens is 1. The van der Waals surface area contributed by atoms with Crippen LogP contribution in [0.15, 0.2) is 54.9 Å². The van der Waals surface area contributed by atoms with Gasteiger partial charge in [0.1, 0.15) is 5.82 Å². The van der Waals surface area contributed by atoms with Gasteiger partial charge in [-0.25, -0.2) is 4.98 Å². The van der Waals surface area contributed by atoms with E-state index in [-0.39, 0.29) is 0 Å². The first-order valence-corrected chi connectivity index (χ1v) is 7.41. The quantitative estimate of drug-likeness (QED) is 0.586. The average molecular weight is 322 g/mol. The topological polar surface area (TPSA) is 80.5 Å². The van der Waals surface area contributed by atoms with Gasteiger partial charge >= 0.3 is 0 Å². The van der Waals surface area contributed by atoms with Gasteiger partial charge in [0.25, 0.3) is 0 Å². The Morgan fingerprint density at radius 1 is 0.957 bits per heavy atom. The van der Waals surface area contributed by atoms with Crippen LogP contribution < -0.4 is 5.73 Å². The molecule has 2 aromatic carbocycles. The predicted octanol–water partition coefficient (Wildman–Crippen LogP) is 3.92. The largest absolute Gasteiger partial charge is 0.382 e. The molecule has 0 spiro atoms. The molecule has 0 bridgehead atoms. The highest BCUT2D eigenvalue weighted by molar-refractivity contribution is 6.35. The number of nitrogen functional groups attached to an aromatic ring is 1. The highest BCUT2D eigenvalue weighted by Gasteiger charge is 2.14. The van der Waals surface area contributed by atoms with Gasteiger partial charge in [-0.1, -0.05) is 41.9 Å². The lowest BCUT2D eigenvalue weighted by Crippen LogP contribution is -1.98. The van der Waals surface area contributed by atoms with Crippen molar-refractivity contribution in [2.24, 2.45) is 0 Å². The molecule has 0 saturated heterocycles. The minimum absolute atomic E-state index is 0.378. The maximum Gasteiger partial charge on any atom is 0.142 e. The summed E-state index contributed by atoms with van der Waals surface area (Å²) in [4.78, 5) is 8.95. The van der Waals surface area contributed by atoms with Crippen LogP contribution in [-0.4, -0.2) is 20.2 Å². The number of fused-ring (bicyclic) bond motifs is 1. The molecule has 0 saturated carbocycles. The van der Waals surface area contributed by atoms with Crippen molar-refractivity contribution in [3.63, 3.8) is 0 Å². The lowest BCUT2D eigenvalue weighted by atomic mass is 10.0. The monoisotopic (exact) mass is 321 g/mol. The van der Waals surface area contributed by atoms with Gasteiger partial charge in [-0.05, 0) is 12.1 Å². The summed E-state index contributed by atoms with van der Waals surface area (Å²) in [5.41, 5.74) is 9.92. The summed E-state index contributed by atoms with van der Waals surface area (Å²) < 4.78 is 0. The van der Waals surface area contributed by atoms with Crippen LogP contribution in [0.3, 0.4) is 0 Å². The number of benzene rings is 2. The number of anilines is 1. The lowest BCUT2D eigenvalue weighted by molar-refractivity contribution is 1.12. The summed E-state index contributed by atoms with van der Waals surface area (Å²) in [6.45, 7) is 0. The van der Waals surface area contributed by atoms with E-state index in [1.165, 1.54) is 0 Å². The molecule has 5 nitrogen and oxygen atoms in total. The molecule has 0 aliphatic carbocycles. The second-order valence-electron chi connectivity index (χ2n) is 5.15. The van der Waals surface area contributed by atoms with E-state index in [0.29, 0.717) is 10.8 Å². The van der Waals surface area contributed by atoms with Crippen molar-refractivity contribution >= 4 is 28.3 Å². The maximum absolute atomic E-state index is 6.34. The van der Waals surface area contributed by atoms with E-state index >= 15 is 0 Å². The molecule has 4 aromatic rings. The Hall–Kier alpha value is -2.92. The van der Waals surface area contributed by atoms with Crippen molar-refractivity contribution in [2.45, 2.75) is 0 Å². The number of rotatable bonds is 2. The predicted molar refractivity (Wildman–Crippen MR) is 92.0 cm³/mol. The fraction of sp³-hybridized carbons (Fsp3) is 0. The van der Waals surface area contributed by atoms with E-state index in [9.17, 15) is 0 Å². The molecule has 23 heavy (non-hydrogen) atoms. The molecule has 0 aliphatic rings. The molecule has 6 heteroatoms. The van der Waals surface area contributed by atoms with E-state index in [0.717, 1.165) is 33.4 Å². The zero-order chi connectivity index (χ0) is 15.8. The van der Waals surface area contributed by atoms with Crippen molar-refractivity contribution in [3.8, 4) is 22.5 Å². The number of hydrogen-bond donors (Lipinski definition) is 2. The Morgan fingerprint density at radius 3 is 2.61 bits per heavy atom. The first-order chi connectivity index (χ1) is 11.2. The van der Waals surface area contributed by atoms with Gasteiger partial charge in [-0.2, -0.15) is 5.10 Å².